The number of nitrogens with zero attached hydrogens (tertiary/aromatic N) is 2. The van der Waals surface area contributed by atoms with Gasteiger partial charge in [-0.2, -0.15) is 5.26 Å². The van der Waals surface area contributed by atoms with Crippen molar-refractivity contribution in [3.05, 3.63) is 74.4 Å². The minimum Gasteiger partial charge on any atom is -0.477 e. The van der Waals surface area contributed by atoms with Gasteiger partial charge in [0.25, 0.3) is 0 Å². The number of hydrogen-bond acceptors (Lipinski definition) is 6. The van der Waals surface area contributed by atoms with E-state index in [2.05, 4.69) is 15.6 Å². The maximum Gasteiger partial charge on any atom is 0.345 e. The fourth-order valence-electron chi connectivity index (χ4n) is 3.06. The summed E-state index contributed by atoms with van der Waals surface area (Å²) >= 11 is 1.03. The summed E-state index contributed by atoms with van der Waals surface area (Å²) in [6.45, 7) is 0.407. The number of carbonyl (C=O) groups excluding carboxylic acids is 1. The molecule has 3 N–H and O–H groups in total. The summed E-state index contributed by atoms with van der Waals surface area (Å²) in [4.78, 5) is 27.8. The van der Waals surface area contributed by atoms with E-state index < -0.39 is 23.6 Å². The summed E-state index contributed by atoms with van der Waals surface area (Å²) in [6.07, 6.45) is 0.421. The second kappa shape index (κ2) is 9.05. The minimum atomic E-state index is -1.07. The summed E-state index contributed by atoms with van der Waals surface area (Å²) in [5.41, 5.74) is -0.249. The third kappa shape index (κ3) is 4.81. The predicted molar refractivity (Wildman–Crippen MR) is 116 cm³/mol. The smallest absolute Gasteiger partial charge is 0.345 e. The normalized spacial score (nSPS) is 12.2. The van der Waals surface area contributed by atoms with Crippen LogP contribution in [0.3, 0.4) is 0 Å². The monoisotopic (exact) mass is 468 g/mol. The molecule has 0 radical (unpaired) electrons. The molecule has 33 heavy (non-hydrogen) atoms. The van der Waals surface area contributed by atoms with Crippen molar-refractivity contribution in [3.63, 3.8) is 0 Å². The van der Waals surface area contributed by atoms with Gasteiger partial charge in [-0.05, 0) is 36.4 Å². The molecule has 0 spiro atoms. The van der Waals surface area contributed by atoms with E-state index in [4.69, 9.17) is 10.00 Å². The highest BCUT2D eigenvalue weighted by Crippen LogP contribution is 2.24. The highest BCUT2D eigenvalue weighted by Gasteiger charge is 2.16. The number of thiophene rings is 1. The Kier molecular flexibility index (Phi) is 6.01. The topological polar surface area (TPSA) is 124 Å². The molecule has 0 saturated heterocycles. The molecular weight excluding hydrogens is 454 g/mol. The van der Waals surface area contributed by atoms with Crippen molar-refractivity contribution in [2.45, 2.75) is 6.42 Å². The number of carboxylic acid groups (broad SMARTS) is 1. The summed E-state index contributed by atoms with van der Waals surface area (Å²) in [5, 5.41) is 23.1. The molecule has 0 fully saturated rings. The zero-order valence-electron chi connectivity index (χ0n) is 16.7. The molecule has 1 aromatic heterocycles. The first-order valence-electron chi connectivity index (χ1n) is 9.50. The van der Waals surface area contributed by atoms with E-state index in [1.165, 1.54) is 24.3 Å². The van der Waals surface area contributed by atoms with Gasteiger partial charge in [-0.3, -0.25) is 4.99 Å². The highest BCUT2D eigenvalue weighted by atomic mass is 32.1. The summed E-state index contributed by atoms with van der Waals surface area (Å²) in [7, 11) is 0. The molecule has 4 rings (SSSR count). The molecule has 8 nitrogen and oxygen atoms in total. The molecule has 0 unspecified atom stereocenters. The van der Waals surface area contributed by atoms with E-state index >= 15 is 0 Å². The van der Waals surface area contributed by atoms with E-state index in [-0.39, 0.29) is 27.6 Å². The lowest BCUT2D eigenvalue weighted by Crippen LogP contribution is -2.28. The number of carboxylic acids is 1. The number of nitrogens with one attached hydrogen (secondary N) is 2. The quantitative estimate of drug-likeness (QED) is 0.529. The molecule has 2 heterocycles. The van der Waals surface area contributed by atoms with E-state index in [1.54, 1.807) is 0 Å². The van der Waals surface area contributed by atoms with Crippen LogP contribution in [0.4, 0.5) is 25.0 Å². The van der Waals surface area contributed by atoms with Gasteiger partial charge in [0.2, 0.25) is 0 Å². The van der Waals surface area contributed by atoms with Gasteiger partial charge in [-0.25, -0.2) is 18.4 Å². The van der Waals surface area contributed by atoms with Crippen LogP contribution in [0.15, 0.2) is 47.5 Å². The molecule has 0 atom stereocenters. The van der Waals surface area contributed by atoms with Gasteiger partial charge in [0.15, 0.2) is 0 Å². The number of rotatable bonds is 5. The minimum absolute atomic E-state index is 0.125. The number of ether oxygens (including phenoxy) is 1. The SMILES string of the molecule is N#Cc1ccc(F)c(NC(=O)Nc2ccc(OC3=c4sc(C(=O)O)cc4=NCC3)cc2F)c1. The zero-order chi connectivity index (χ0) is 23.5. The number of benzene rings is 2. The number of anilines is 2. The van der Waals surface area contributed by atoms with Gasteiger partial charge in [-0.15, -0.1) is 11.3 Å². The summed E-state index contributed by atoms with van der Waals surface area (Å²) < 4.78 is 34.7. The molecule has 1 aliphatic rings. The van der Waals surface area contributed by atoms with Gasteiger partial charge < -0.3 is 20.5 Å². The molecule has 1 aliphatic heterocycles. The second-order valence-corrected chi connectivity index (χ2v) is 7.87. The van der Waals surface area contributed by atoms with Crippen LogP contribution in [0.5, 0.6) is 5.75 Å². The first kappa shape index (κ1) is 21.9. The van der Waals surface area contributed by atoms with Crippen molar-refractivity contribution in [1.29, 1.82) is 5.26 Å². The molecular formula is C22H14F2N4O4S. The Morgan fingerprint density at radius 2 is 1.88 bits per heavy atom. The lowest BCUT2D eigenvalue weighted by atomic mass is 10.2. The maximum absolute atomic E-state index is 14.6. The Morgan fingerprint density at radius 1 is 1.09 bits per heavy atom. The molecule has 11 heteroatoms. The van der Waals surface area contributed by atoms with Crippen molar-refractivity contribution in [2.24, 2.45) is 4.99 Å². The van der Waals surface area contributed by atoms with Crippen molar-refractivity contribution < 1.29 is 28.2 Å². The van der Waals surface area contributed by atoms with Crippen LogP contribution in [0.2, 0.25) is 0 Å². The standard InChI is InChI=1S/C22H14F2N4O4S/c23-13-3-1-11(10-25)7-16(13)28-22(31)27-15-4-2-12(8-14(15)24)32-18-5-6-26-17-9-19(21(29)30)33-20(17)18/h1-4,7-9H,5-6H2,(H,29,30)(H2,27,28,31). The summed E-state index contributed by atoms with van der Waals surface area (Å²) in [5.74, 6) is -1.98. The van der Waals surface area contributed by atoms with Crippen LogP contribution in [-0.2, 0) is 0 Å². The van der Waals surface area contributed by atoms with E-state index in [9.17, 15) is 23.5 Å². The third-order valence-electron chi connectivity index (χ3n) is 4.57. The molecule has 166 valence electrons. The Morgan fingerprint density at radius 3 is 2.61 bits per heavy atom. The van der Waals surface area contributed by atoms with Crippen LogP contribution in [-0.4, -0.2) is 23.7 Å². The number of hydrogen-bond donors (Lipinski definition) is 3. The van der Waals surface area contributed by atoms with Crippen molar-refractivity contribution in [1.82, 2.24) is 0 Å². The summed E-state index contributed by atoms with van der Waals surface area (Å²) in [6, 6.07) is 9.62. The molecule has 2 aromatic carbocycles. The van der Waals surface area contributed by atoms with Crippen molar-refractivity contribution >= 4 is 40.5 Å². The molecule has 0 saturated carbocycles. The third-order valence-corrected chi connectivity index (χ3v) is 5.72. The van der Waals surface area contributed by atoms with Crippen LogP contribution in [0.25, 0.3) is 5.76 Å². The number of carbonyl (C=O) groups is 2. The van der Waals surface area contributed by atoms with Crippen LogP contribution >= 0.6 is 11.3 Å². The lowest BCUT2D eigenvalue weighted by molar-refractivity contribution is 0.0702. The second-order valence-electron chi connectivity index (χ2n) is 6.81. The van der Waals surface area contributed by atoms with Gasteiger partial charge in [0.1, 0.15) is 28.0 Å². The molecule has 0 bridgehead atoms. The largest absolute Gasteiger partial charge is 0.477 e. The van der Waals surface area contributed by atoms with E-state index in [0.29, 0.717) is 28.6 Å². The first-order chi connectivity index (χ1) is 15.8. The Bertz CT molecular complexity index is 1450. The fraction of sp³-hybridized carbons (Fsp3) is 0.0909. The molecule has 3 aromatic rings. The van der Waals surface area contributed by atoms with Gasteiger partial charge in [0, 0.05) is 19.0 Å². The number of amides is 2. The highest BCUT2D eigenvalue weighted by molar-refractivity contribution is 7.11. The Labute approximate surface area is 189 Å². The average molecular weight is 468 g/mol. The predicted octanol–water partition coefficient (Wildman–Crippen LogP) is 3.45. The van der Waals surface area contributed by atoms with Crippen LogP contribution < -0.4 is 25.3 Å². The van der Waals surface area contributed by atoms with Crippen molar-refractivity contribution in [2.75, 3.05) is 17.2 Å². The number of urea groups is 1. The van der Waals surface area contributed by atoms with Crippen molar-refractivity contribution in [3.8, 4) is 11.8 Å². The zero-order valence-corrected chi connectivity index (χ0v) is 17.5. The Balaban J connectivity index is 1.50. The number of nitriles is 1. The average Bonchev–Trinajstić information content (AvgIpc) is 3.23. The van der Waals surface area contributed by atoms with Crippen LogP contribution in [0, 0.1) is 23.0 Å². The van der Waals surface area contributed by atoms with Gasteiger partial charge >= 0.3 is 12.0 Å². The van der Waals surface area contributed by atoms with Gasteiger partial charge in [-0.1, -0.05) is 0 Å². The van der Waals surface area contributed by atoms with E-state index in [0.717, 1.165) is 29.5 Å². The molecule has 2 amide bonds. The number of fused-ring (bicyclic) bond motifs is 1. The number of halogens is 2. The first-order valence-corrected chi connectivity index (χ1v) is 10.3. The molecule has 0 aliphatic carbocycles. The Hall–Kier alpha value is -4.30. The van der Waals surface area contributed by atoms with Crippen LogP contribution in [0.1, 0.15) is 21.7 Å². The fourth-order valence-corrected chi connectivity index (χ4v) is 4.03. The van der Waals surface area contributed by atoms with Gasteiger partial charge in [0.05, 0.1) is 32.9 Å². The number of aromatic carboxylic acids is 1. The van der Waals surface area contributed by atoms with E-state index in [1.807, 2.05) is 6.07 Å². The lowest BCUT2D eigenvalue weighted by Gasteiger charge is -2.13. The maximum atomic E-state index is 14.6.